The van der Waals surface area contributed by atoms with Crippen LogP contribution in [0.25, 0.3) is 0 Å². The first-order valence-corrected chi connectivity index (χ1v) is 9.32. The molecule has 2 aromatic rings. The Kier molecular flexibility index (Phi) is 8.00. The number of benzene rings is 1. The molecule has 27 heavy (non-hydrogen) atoms. The summed E-state index contributed by atoms with van der Waals surface area (Å²) in [6, 6.07) is 12.2. The van der Waals surface area contributed by atoms with Crippen LogP contribution in [0.15, 0.2) is 52.1 Å². The van der Waals surface area contributed by atoms with Crippen LogP contribution in [-0.4, -0.2) is 45.1 Å². The minimum atomic E-state index is 0. The van der Waals surface area contributed by atoms with E-state index in [-0.39, 0.29) is 35.4 Å². The van der Waals surface area contributed by atoms with E-state index in [4.69, 9.17) is 16.0 Å². The highest BCUT2D eigenvalue weighted by atomic mass is 127. The lowest BCUT2D eigenvalue weighted by Gasteiger charge is -2.24. The molecule has 0 saturated heterocycles. The number of likely N-dealkylation sites (N-methyl/N-ethyl adjacent to an activating group) is 1. The predicted molar refractivity (Wildman–Crippen MR) is 122 cm³/mol. The van der Waals surface area contributed by atoms with Crippen molar-refractivity contribution in [2.75, 3.05) is 34.2 Å². The molecule has 1 saturated carbocycles. The fraction of sp³-hybridized carbons (Fsp3) is 0.450. The first-order valence-electron chi connectivity index (χ1n) is 8.94. The van der Waals surface area contributed by atoms with Gasteiger partial charge in [-0.25, -0.2) is 0 Å². The third-order valence-corrected chi connectivity index (χ3v) is 5.30. The number of furan rings is 1. The van der Waals surface area contributed by atoms with E-state index in [0.29, 0.717) is 6.54 Å². The zero-order chi connectivity index (χ0) is 18.6. The van der Waals surface area contributed by atoms with E-state index in [2.05, 4.69) is 32.7 Å². The zero-order valence-electron chi connectivity index (χ0n) is 16.0. The van der Waals surface area contributed by atoms with E-state index < -0.39 is 0 Å². The lowest BCUT2D eigenvalue weighted by atomic mass is 9.96. The number of nitrogens with one attached hydrogen (secondary N) is 2. The van der Waals surface area contributed by atoms with Crippen LogP contribution in [0.1, 0.15) is 30.2 Å². The van der Waals surface area contributed by atoms with Crippen molar-refractivity contribution in [3.63, 3.8) is 0 Å². The molecule has 1 aromatic carbocycles. The molecule has 7 heteroatoms. The Morgan fingerprint density at radius 1 is 1.26 bits per heavy atom. The van der Waals surface area contributed by atoms with Crippen LogP contribution in [0.2, 0.25) is 5.02 Å². The van der Waals surface area contributed by atoms with Gasteiger partial charge in [0, 0.05) is 30.6 Å². The van der Waals surface area contributed by atoms with Crippen LogP contribution >= 0.6 is 35.6 Å². The van der Waals surface area contributed by atoms with Crippen LogP contribution in [0.3, 0.4) is 0 Å². The minimum absolute atomic E-state index is 0. The highest BCUT2D eigenvalue weighted by Gasteiger charge is 2.44. The molecule has 2 N–H and O–H groups in total. The van der Waals surface area contributed by atoms with Gasteiger partial charge in [0.15, 0.2) is 5.96 Å². The molecule has 1 heterocycles. The average molecular weight is 503 g/mol. The average Bonchev–Trinajstić information content (AvgIpc) is 3.23. The maximum atomic E-state index is 6.16. The Bertz CT molecular complexity index is 744. The molecule has 5 nitrogen and oxygen atoms in total. The van der Waals surface area contributed by atoms with Crippen LogP contribution in [-0.2, 0) is 5.41 Å². The molecule has 148 valence electrons. The van der Waals surface area contributed by atoms with Crippen molar-refractivity contribution in [2.24, 2.45) is 4.99 Å². The van der Waals surface area contributed by atoms with Crippen LogP contribution < -0.4 is 10.6 Å². The van der Waals surface area contributed by atoms with E-state index in [0.717, 1.165) is 23.3 Å². The third-order valence-electron chi connectivity index (χ3n) is 5.07. The van der Waals surface area contributed by atoms with Gasteiger partial charge >= 0.3 is 0 Å². The summed E-state index contributed by atoms with van der Waals surface area (Å²) in [7, 11) is 5.89. The van der Waals surface area contributed by atoms with Crippen molar-refractivity contribution >= 4 is 41.5 Å². The van der Waals surface area contributed by atoms with Gasteiger partial charge < -0.3 is 15.1 Å². The topological polar surface area (TPSA) is 52.8 Å². The third kappa shape index (κ3) is 5.62. The summed E-state index contributed by atoms with van der Waals surface area (Å²) in [6.07, 6.45) is 4.05. The zero-order valence-corrected chi connectivity index (χ0v) is 19.1. The maximum Gasteiger partial charge on any atom is 0.191 e. The molecule has 1 aromatic heterocycles. The summed E-state index contributed by atoms with van der Waals surface area (Å²) in [5.41, 5.74) is 1.47. The Morgan fingerprint density at radius 3 is 2.59 bits per heavy atom. The van der Waals surface area contributed by atoms with Gasteiger partial charge in [0.2, 0.25) is 0 Å². The van der Waals surface area contributed by atoms with Crippen LogP contribution in [0, 0.1) is 0 Å². The van der Waals surface area contributed by atoms with Crippen molar-refractivity contribution < 1.29 is 4.42 Å². The summed E-state index contributed by atoms with van der Waals surface area (Å²) in [5, 5.41) is 7.68. The lowest BCUT2D eigenvalue weighted by molar-refractivity contribution is 0.258. The summed E-state index contributed by atoms with van der Waals surface area (Å²) in [4.78, 5) is 6.49. The monoisotopic (exact) mass is 502 g/mol. The number of halogens is 2. The summed E-state index contributed by atoms with van der Waals surface area (Å²) < 4.78 is 5.56. The Balaban J connectivity index is 0.00000261. The van der Waals surface area contributed by atoms with Gasteiger partial charge in [-0.15, -0.1) is 24.0 Å². The van der Waals surface area contributed by atoms with Gasteiger partial charge in [-0.1, -0.05) is 23.7 Å². The van der Waals surface area contributed by atoms with Crippen molar-refractivity contribution in [3.05, 3.63) is 59.0 Å². The number of hydrogen-bond donors (Lipinski definition) is 2. The van der Waals surface area contributed by atoms with Gasteiger partial charge in [0.25, 0.3) is 0 Å². The van der Waals surface area contributed by atoms with Crippen LogP contribution in [0.4, 0.5) is 0 Å². The second kappa shape index (κ2) is 9.80. The molecular weight excluding hydrogens is 475 g/mol. The molecule has 1 fully saturated rings. The SMILES string of the molecule is CN=C(NCC(c1ccco1)N(C)C)NCC1(c2cccc(Cl)c2)CC1.I. The van der Waals surface area contributed by atoms with Gasteiger partial charge in [-0.2, -0.15) is 0 Å². The van der Waals surface area contributed by atoms with Crippen molar-refractivity contribution in [3.8, 4) is 0 Å². The molecule has 3 rings (SSSR count). The number of hydrogen-bond acceptors (Lipinski definition) is 3. The number of guanidine groups is 1. The highest BCUT2D eigenvalue weighted by Crippen LogP contribution is 2.48. The maximum absolute atomic E-state index is 6.16. The molecule has 0 amide bonds. The summed E-state index contributed by atoms with van der Waals surface area (Å²) >= 11 is 6.16. The Labute approximate surface area is 183 Å². The molecule has 1 unspecified atom stereocenters. The van der Waals surface area contributed by atoms with E-state index in [1.165, 1.54) is 18.4 Å². The first kappa shape index (κ1) is 22.0. The van der Waals surface area contributed by atoms with E-state index >= 15 is 0 Å². The van der Waals surface area contributed by atoms with E-state index in [1.807, 2.05) is 38.4 Å². The second-order valence-corrected chi connectivity index (χ2v) is 7.53. The first-order chi connectivity index (χ1) is 12.5. The number of rotatable bonds is 7. The fourth-order valence-corrected chi connectivity index (χ4v) is 3.41. The summed E-state index contributed by atoms with van der Waals surface area (Å²) in [6.45, 7) is 1.56. The minimum Gasteiger partial charge on any atom is -0.468 e. The summed E-state index contributed by atoms with van der Waals surface area (Å²) in [5.74, 6) is 1.74. The molecule has 1 atom stereocenters. The van der Waals surface area contributed by atoms with Crippen molar-refractivity contribution in [1.82, 2.24) is 15.5 Å². The highest BCUT2D eigenvalue weighted by molar-refractivity contribution is 14.0. The smallest absolute Gasteiger partial charge is 0.191 e. The Morgan fingerprint density at radius 2 is 2.04 bits per heavy atom. The second-order valence-electron chi connectivity index (χ2n) is 7.09. The normalized spacial score (nSPS) is 16.6. The standard InChI is InChI=1S/C20H27ClN4O.HI/c1-22-19(23-13-17(25(2)3)18-8-5-11-26-18)24-14-20(9-10-20)15-6-4-7-16(21)12-15;/h4-8,11-12,17H,9-10,13-14H2,1-3H3,(H2,22,23,24);1H. The van der Waals surface area contributed by atoms with Crippen molar-refractivity contribution in [2.45, 2.75) is 24.3 Å². The molecular formula is C20H28ClIN4O. The molecule has 1 aliphatic rings. The van der Waals surface area contributed by atoms with Crippen molar-refractivity contribution in [1.29, 1.82) is 0 Å². The fourth-order valence-electron chi connectivity index (χ4n) is 3.22. The van der Waals surface area contributed by atoms with Gasteiger partial charge in [-0.05, 0) is 56.8 Å². The molecule has 0 bridgehead atoms. The lowest BCUT2D eigenvalue weighted by Crippen LogP contribution is -2.44. The van der Waals surface area contributed by atoms with Gasteiger partial charge in [0.1, 0.15) is 5.76 Å². The van der Waals surface area contributed by atoms with E-state index in [9.17, 15) is 0 Å². The predicted octanol–water partition coefficient (Wildman–Crippen LogP) is 4.05. The molecule has 0 radical (unpaired) electrons. The van der Waals surface area contributed by atoms with Crippen LogP contribution in [0.5, 0.6) is 0 Å². The quantitative estimate of drug-likeness (QED) is 0.341. The Hall–Kier alpha value is -1.25. The molecule has 1 aliphatic carbocycles. The number of nitrogens with zero attached hydrogens (tertiary/aromatic N) is 2. The molecule has 0 spiro atoms. The van der Waals surface area contributed by atoms with Gasteiger partial charge in [0.05, 0.1) is 12.3 Å². The van der Waals surface area contributed by atoms with E-state index in [1.54, 1.807) is 13.3 Å². The largest absolute Gasteiger partial charge is 0.468 e. The number of aliphatic imine (C=N–C) groups is 1. The molecule has 0 aliphatic heterocycles. The van der Waals surface area contributed by atoms with Gasteiger partial charge in [-0.3, -0.25) is 9.89 Å².